The van der Waals surface area contributed by atoms with E-state index in [1.165, 1.54) is 53.8 Å². The molecule has 3 heterocycles. The van der Waals surface area contributed by atoms with Crippen molar-refractivity contribution in [3.05, 3.63) is 52.7 Å². The van der Waals surface area contributed by atoms with Crippen molar-refractivity contribution in [3.8, 4) is 11.1 Å². The Balaban J connectivity index is 1.70. The molecule has 2 aromatic carbocycles. The predicted molar refractivity (Wildman–Crippen MR) is 131 cm³/mol. The molecule has 5 rings (SSSR count). The summed E-state index contributed by atoms with van der Waals surface area (Å²) in [5.74, 6) is -0.774. The van der Waals surface area contributed by atoms with Gasteiger partial charge >= 0.3 is 5.97 Å². The minimum absolute atomic E-state index is 0.0438. The van der Waals surface area contributed by atoms with Gasteiger partial charge in [-0.1, -0.05) is 29.8 Å². The summed E-state index contributed by atoms with van der Waals surface area (Å²) in [4.78, 5) is 17.0. The van der Waals surface area contributed by atoms with Gasteiger partial charge < -0.3 is 19.5 Å². The van der Waals surface area contributed by atoms with Crippen molar-refractivity contribution in [1.29, 1.82) is 0 Å². The lowest BCUT2D eigenvalue weighted by Crippen LogP contribution is -2.38. The molecule has 2 aliphatic heterocycles. The molecule has 3 aromatic rings. The molecule has 0 bridgehead atoms. The Labute approximate surface area is 190 Å². The molecule has 0 radical (unpaired) electrons. The lowest BCUT2D eigenvalue weighted by atomic mass is 9.88. The van der Waals surface area contributed by atoms with Gasteiger partial charge in [-0.2, -0.15) is 0 Å². The molecule has 0 spiro atoms. The van der Waals surface area contributed by atoms with Crippen LogP contribution in [0.5, 0.6) is 0 Å². The third kappa shape index (κ3) is 3.58. The summed E-state index contributed by atoms with van der Waals surface area (Å²) in [6.45, 7) is 12.8. The van der Waals surface area contributed by atoms with Crippen LogP contribution in [-0.2, 0) is 17.8 Å². The van der Waals surface area contributed by atoms with Crippen molar-refractivity contribution >= 4 is 22.6 Å². The third-order valence-electron chi connectivity index (χ3n) is 7.37. The summed E-state index contributed by atoms with van der Waals surface area (Å²) in [6, 6.07) is 10.8. The molecule has 0 aliphatic carbocycles. The van der Waals surface area contributed by atoms with Crippen molar-refractivity contribution in [3.63, 3.8) is 0 Å². The van der Waals surface area contributed by atoms with Crippen molar-refractivity contribution in [2.24, 2.45) is 0 Å². The Morgan fingerprint density at radius 2 is 1.69 bits per heavy atom. The first-order valence-corrected chi connectivity index (χ1v) is 11.9. The number of aliphatic carboxylic acids is 1. The van der Waals surface area contributed by atoms with Gasteiger partial charge in [0.25, 0.3) is 0 Å². The van der Waals surface area contributed by atoms with Gasteiger partial charge in [0.2, 0.25) is 0 Å². The van der Waals surface area contributed by atoms with Gasteiger partial charge in [-0.15, -0.1) is 0 Å². The zero-order chi connectivity index (χ0) is 22.4. The highest BCUT2D eigenvalue weighted by molar-refractivity contribution is 6.07. The monoisotopic (exact) mass is 431 g/mol. The Hall–Kier alpha value is -2.79. The summed E-state index contributed by atoms with van der Waals surface area (Å²) < 4.78 is 2.44. The Kier molecular flexibility index (Phi) is 5.46. The molecule has 0 amide bonds. The standard InChI is InChI=1S/C27H33N3O2/c1-18-6-8-21(9-7-18)25-22(17-24(31)32)20(3)26-27-23(25)16-19(2)30(27)15-14-29(26)13-12-28-10-4-5-11-28/h6-9,16H,4-5,10-15,17H2,1-3H3,(H,31,32). The number of rotatable bonds is 6. The number of carboxylic acids is 1. The molecule has 0 saturated carbocycles. The highest BCUT2D eigenvalue weighted by Gasteiger charge is 2.29. The van der Waals surface area contributed by atoms with E-state index in [2.05, 4.69) is 65.5 Å². The normalized spacial score (nSPS) is 16.3. The Bertz CT molecular complexity index is 1170. The molecule has 1 aromatic heterocycles. The first-order valence-electron chi connectivity index (χ1n) is 11.9. The van der Waals surface area contributed by atoms with E-state index in [9.17, 15) is 9.90 Å². The van der Waals surface area contributed by atoms with E-state index in [0.717, 1.165) is 48.4 Å². The summed E-state index contributed by atoms with van der Waals surface area (Å²) in [7, 11) is 0. The Morgan fingerprint density at radius 1 is 0.969 bits per heavy atom. The highest BCUT2D eigenvalue weighted by Crippen LogP contribution is 2.44. The van der Waals surface area contributed by atoms with Crippen LogP contribution in [0.2, 0.25) is 0 Å². The average molecular weight is 432 g/mol. The minimum Gasteiger partial charge on any atom is -0.481 e. The van der Waals surface area contributed by atoms with Gasteiger partial charge in [0.15, 0.2) is 0 Å². The van der Waals surface area contributed by atoms with E-state index >= 15 is 0 Å². The molecule has 1 saturated heterocycles. The number of anilines is 1. The fraction of sp³-hybridized carbons (Fsp3) is 0.444. The average Bonchev–Trinajstić information content (AvgIpc) is 3.40. The number of benzene rings is 2. The van der Waals surface area contributed by atoms with Gasteiger partial charge in [0.1, 0.15) is 0 Å². The molecule has 1 N–H and O–H groups in total. The SMILES string of the molecule is Cc1ccc(-c2c(CC(=O)O)c(C)c3c4c2cc(C)n4CCN3CCN2CCCC2)cc1. The smallest absolute Gasteiger partial charge is 0.307 e. The first kappa shape index (κ1) is 21.1. The van der Waals surface area contributed by atoms with Gasteiger partial charge in [-0.25, -0.2) is 0 Å². The predicted octanol–water partition coefficient (Wildman–Crippen LogP) is 4.78. The summed E-state index contributed by atoms with van der Waals surface area (Å²) in [5, 5.41) is 11.0. The maximum Gasteiger partial charge on any atom is 0.307 e. The summed E-state index contributed by atoms with van der Waals surface area (Å²) in [5.41, 5.74) is 9.24. The van der Waals surface area contributed by atoms with E-state index < -0.39 is 5.97 Å². The molecular formula is C27H33N3O2. The number of aromatic nitrogens is 1. The molecule has 1 fully saturated rings. The first-order chi connectivity index (χ1) is 15.4. The van der Waals surface area contributed by atoms with Crippen molar-refractivity contribution < 1.29 is 9.90 Å². The van der Waals surface area contributed by atoms with E-state index in [-0.39, 0.29) is 6.42 Å². The number of carboxylic acid groups (broad SMARTS) is 1. The quantitative estimate of drug-likeness (QED) is 0.610. The molecule has 32 heavy (non-hydrogen) atoms. The van der Waals surface area contributed by atoms with Crippen LogP contribution in [-0.4, -0.2) is 53.3 Å². The zero-order valence-corrected chi connectivity index (χ0v) is 19.4. The molecule has 0 unspecified atom stereocenters. The van der Waals surface area contributed by atoms with Gasteiger partial charge in [-0.3, -0.25) is 4.79 Å². The maximum absolute atomic E-state index is 11.9. The second-order valence-corrected chi connectivity index (χ2v) is 9.50. The van der Waals surface area contributed by atoms with Crippen LogP contribution >= 0.6 is 0 Å². The van der Waals surface area contributed by atoms with Crippen molar-refractivity contribution in [2.75, 3.05) is 37.6 Å². The number of hydrogen-bond donors (Lipinski definition) is 1. The molecule has 168 valence electrons. The molecule has 2 aliphatic rings. The second-order valence-electron chi connectivity index (χ2n) is 9.50. The lowest BCUT2D eigenvalue weighted by molar-refractivity contribution is -0.136. The van der Waals surface area contributed by atoms with Gasteiger partial charge in [-0.05, 0) is 75.0 Å². The molecule has 5 heteroatoms. The Morgan fingerprint density at radius 3 is 2.38 bits per heavy atom. The molecular weight excluding hydrogens is 398 g/mol. The van der Waals surface area contributed by atoms with E-state index in [4.69, 9.17) is 0 Å². The number of likely N-dealkylation sites (tertiary alicyclic amines) is 1. The fourth-order valence-corrected chi connectivity index (χ4v) is 5.72. The van der Waals surface area contributed by atoms with Crippen molar-refractivity contribution in [1.82, 2.24) is 9.47 Å². The maximum atomic E-state index is 11.9. The second kappa shape index (κ2) is 8.28. The fourth-order valence-electron chi connectivity index (χ4n) is 5.72. The number of nitrogens with zero attached hydrogens (tertiary/aromatic N) is 3. The van der Waals surface area contributed by atoms with Crippen molar-refractivity contribution in [2.45, 2.75) is 46.6 Å². The third-order valence-corrected chi connectivity index (χ3v) is 7.37. The van der Waals surface area contributed by atoms with Crippen LogP contribution in [0.3, 0.4) is 0 Å². The largest absolute Gasteiger partial charge is 0.481 e. The van der Waals surface area contributed by atoms with Gasteiger partial charge in [0, 0.05) is 37.3 Å². The van der Waals surface area contributed by atoms with Crippen LogP contribution in [0.25, 0.3) is 22.0 Å². The van der Waals surface area contributed by atoms with Crippen LogP contribution in [0.4, 0.5) is 5.69 Å². The van der Waals surface area contributed by atoms with Crippen LogP contribution < -0.4 is 4.90 Å². The zero-order valence-electron chi connectivity index (χ0n) is 19.4. The minimum atomic E-state index is -0.774. The van der Waals surface area contributed by atoms with E-state index in [1.807, 2.05) is 0 Å². The van der Waals surface area contributed by atoms with Crippen LogP contribution in [0.15, 0.2) is 30.3 Å². The highest BCUT2D eigenvalue weighted by atomic mass is 16.4. The topological polar surface area (TPSA) is 48.7 Å². The van der Waals surface area contributed by atoms with E-state index in [0.29, 0.717) is 0 Å². The molecule has 0 atom stereocenters. The number of hydrogen-bond acceptors (Lipinski definition) is 3. The summed E-state index contributed by atoms with van der Waals surface area (Å²) >= 11 is 0. The van der Waals surface area contributed by atoms with Crippen LogP contribution in [0, 0.1) is 20.8 Å². The summed E-state index contributed by atoms with van der Waals surface area (Å²) in [6.07, 6.45) is 2.65. The van der Waals surface area contributed by atoms with E-state index in [1.54, 1.807) is 0 Å². The van der Waals surface area contributed by atoms with Gasteiger partial charge in [0.05, 0.1) is 17.6 Å². The number of aryl methyl sites for hydroxylation is 2. The lowest BCUT2D eigenvalue weighted by Gasteiger charge is -2.35. The van der Waals surface area contributed by atoms with Crippen LogP contribution in [0.1, 0.15) is 35.2 Å². The molecule has 5 nitrogen and oxygen atoms in total. The number of carbonyl (C=O) groups is 1.